The molecule has 1 aliphatic rings. The molecule has 0 saturated heterocycles. The Labute approximate surface area is 140 Å². The van der Waals surface area contributed by atoms with Crippen molar-refractivity contribution >= 4 is 10.9 Å². The number of methoxy groups -OCH3 is 2. The first-order chi connectivity index (χ1) is 11.2. The fourth-order valence-electron chi connectivity index (χ4n) is 2.48. The number of benzene rings is 1. The number of aryl methyl sites for hydroxylation is 1. The third kappa shape index (κ3) is 4.12. The average molecular weight is 318 g/mol. The summed E-state index contributed by atoms with van der Waals surface area (Å²) in [5.41, 5.74) is 1.94. The minimum Gasteiger partial charge on any atom is -0.493 e. The first-order valence-corrected chi connectivity index (χ1v) is 8.63. The van der Waals surface area contributed by atoms with Crippen LogP contribution in [0.25, 0.3) is 10.9 Å². The second-order valence-electron chi connectivity index (χ2n) is 5.02. The SMILES string of the molecule is CC.CC.COc1cc2nc(C3CCC3)nc(C)c2cc1OC. The molecule has 1 aromatic heterocycles. The molecule has 0 radical (unpaired) electrons. The maximum atomic E-state index is 5.34. The van der Waals surface area contributed by atoms with E-state index >= 15 is 0 Å². The van der Waals surface area contributed by atoms with E-state index in [9.17, 15) is 0 Å². The van der Waals surface area contributed by atoms with E-state index in [4.69, 9.17) is 14.5 Å². The molecule has 1 aliphatic carbocycles. The van der Waals surface area contributed by atoms with Gasteiger partial charge < -0.3 is 9.47 Å². The van der Waals surface area contributed by atoms with Gasteiger partial charge in [-0.2, -0.15) is 0 Å². The summed E-state index contributed by atoms with van der Waals surface area (Å²) in [6.07, 6.45) is 3.70. The first-order valence-electron chi connectivity index (χ1n) is 8.63. The molecule has 4 heteroatoms. The van der Waals surface area contributed by atoms with Crippen LogP contribution in [-0.4, -0.2) is 24.2 Å². The molecule has 0 unspecified atom stereocenters. The van der Waals surface area contributed by atoms with Crippen LogP contribution in [0.15, 0.2) is 12.1 Å². The molecule has 128 valence electrons. The number of fused-ring (bicyclic) bond motifs is 1. The van der Waals surface area contributed by atoms with Gasteiger partial charge in [0.05, 0.1) is 19.7 Å². The molecule has 0 atom stereocenters. The molecule has 0 N–H and O–H groups in total. The van der Waals surface area contributed by atoms with Crippen molar-refractivity contribution in [1.82, 2.24) is 9.97 Å². The molecule has 0 bridgehead atoms. The molecule has 1 heterocycles. The molecular weight excluding hydrogens is 288 g/mol. The highest BCUT2D eigenvalue weighted by molar-refractivity contribution is 5.84. The van der Waals surface area contributed by atoms with Crippen molar-refractivity contribution in [2.45, 2.75) is 59.8 Å². The lowest BCUT2D eigenvalue weighted by atomic mass is 9.84. The summed E-state index contributed by atoms with van der Waals surface area (Å²) in [6, 6.07) is 3.89. The van der Waals surface area contributed by atoms with Crippen LogP contribution in [0.5, 0.6) is 11.5 Å². The summed E-state index contributed by atoms with van der Waals surface area (Å²) in [4.78, 5) is 9.34. The summed E-state index contributed by atoms with van der Waals surface area (Å²) < 4.78 is 10.7. The summed E-state index contributed by atoms with van der Waals surface area (Å²) in [7, 11) is 3.28. The quantitative estimate of drug-likeness (QED) is 0.772. The van der Waals surface area contributed by atoms with E-state index in [2.05, 4.69) is 4.98 Å². The predicted octanol–water partition coefficient (Wildman–Crippen LogP) is 5.28. The van der Waals surface area contributed by atoms with E-state index in [-0.39, 0.29) is 0 Å². The van der Waals surface area contributed by atoms with E-state index in [0.29, 0.717) is 11.7 Å². The van der Waals surface area contributed by atoms with Gasteiger partial charge in [0.25, 0.3) is 0 Å². The number of rotatable bonds is 3. The van der Waals surface area contributed by atoms with Crippen LogP contribution in [0.4, 0.5) is 0 Å². The van der Waals surface area contributed by atoms with E-state index in [1.54, 1.807) is 14.2 Å². The zero-order valence-electron chi connectivity index (χ0n) is 15.6. The molecule has 1 aromatic carbocycles. The normalized spacial score (nSPS) is 13.2. The van der Waals surface area contributed by atoms with Gasteiger partial charge >= 0.3 is 0 Å². The number of hydrogen-bond acceptors (Lipinski definition) is 4. The Kier molecular flexibility index (Phi) is 7.79. The molecule has 0 amide bonds. The molecule has 3 rings (SSSR count). The molecule has 0 spiro atoms. The van der Waals surface area contributed by atoms with Crippen molar-refractivity contribution in [1.29, 1.82) is 0 Å². The van der Waals surface area contributed by atoms with Crippen LogP contribution in [0.1, 0.15) is 64.4 Å². The fraction of sp³-hybridized carbons (Fsp3) is 0.579. The Morgan fingerprint density at radius 1 is 0.913 bits per heavy atom. The minimum atomic E-state index is 0.538. The lowest BCUT2D eigenvalue weighted by Crippen LogP contribution is -2.13. The molecule has 1 saturated carbocycles. The van der Waals surface area contributed by atoms with Crippen molar-refractivity contribution < 1.29 is 9.47 Å². The van der Waals surface area contributed by atoms with Crippen LogP contribution in [-0.2, 0) is 0 Å². The fourth-order valence-corrected chi connectivity index (χ4v) is 2.48. The number of hydrogen-bond donors (Lipinski definition) is 0. The molecule has 2 aromatic rings. The van der Waals surface area contributed by atoms with E-state index in [0.717, 1.165) is 28.2 Å². The van der Waals surface area contributed by atoms with Crippen molar-refractivity contribution in [3.8, 4) is 11.5 Å². The van der Waals surface area contributed by atoms with Gasteiger partial charge in [0.2, 0.25) is 0 Å². The Balaban J connectivity index is 0.000000615. The lowest BCUT2D eigenvalue weighted by Gasteiger charge is -2.24. The van der Waals surface area contributed by atoms with Gasteiger partial charge in [-0.25, -0.2) is 9.97 Å². The Bertz CT molecular complexity index is 622. The Hall–Kier alpha value is -1.84. The Morgan fingerprint density at radius 2 is 1.48 bits per heavy atom. The summed E-state index contributed by atoms with van der Waals surface area (Å²) >= 11 is 0. The maximum Gasteiger partial charge on any atom is 0.162 e. The summed E-state index contributed by atoms with van der Waals surface area (Å²) in [6.45, 7) is 10.0. The van der Waals surface area contributed by atoms with Crippen molar-refractivity contribution in [2.24, 2.45) is 0 Å². The van der Waals surface area contributed by atoms with E-state index in [1.807, 2.05) is 46.8 Å². The molecule has 4 nitrogen and oxygen atoms in total. The standard InChI is InChI=1S/C15H18N2O2.2C2H6/c1-9-11-7-13(18-2)14(19-3)8-12(11)17-15(16-9)10-5-4-6-10;2*1-2/h7-8,10H,4-6H2,1-3H3;2*1-2H3. The van der Waals surface area contributed by atoms with Crippen LogP contribution in [0.3, 0.4) is 0 Å². The van der Waals surface area contributed by atoms with Crippen LogP contribution in [0.2, 0.25) is 0 Å². The predicted molar refractivity (Wildman–Crippen MR) is 96.7 cm³/mol. The van der Waals surface area contributed by atoms with Gasteiger partial charge in [0.15, 0.2) is 11.5 Å². The van der Waals surface area contributed by atoms with Crippen LogP contribution >= 0.6 is 0 Å². The van der Waals surface area contributed by atoms with Gasteiger partial charge in [0, 0.05) is 23.1 Å². The monoisotopic (exact) mass is 318 g/mol. The van der Waals surface area contributed by atoms with Crippen molar-refractivity contribution in [3.05, 3.63) is 23.7 Å². The zero-order chi connectivity index (χ0) is 17.4. The number of aromatic nitrogens is 2. The highest BCUT2D eigenvalue weighted by atomic mass is 16.5. The molecule has 1 fully saturated rings. The van der Waals surface area contributed by atoms with Gasteiger partial charge in [-0.15, -0.1) is 0 Å². The van der Waals surface area contributed by atoms with E-state index < -0.39 is 0 Å². The van der Waals surface area contributed by atoms with Crippen molar-refractivity contribution in [2.75, 3.05) is 14.2 Å². The highest BCUT2D eigenvalue weighted by Gasteiger charge is 2.23. The van der Waals surface area contributed by atoms with Gasteiger partial charge in [-0.1, -0.05) is 34.1 Å². The minimum absolute atomic E-state index is 0.538. The van der Waals surface area contributed by atoms with E-state index in [1.165, 1.54) is 19.3 Å². The number of nitrogens with zero attached hydrogens (tertiary/aromatic N) is 2. The molecule has 23 heavy (non-hydrogen) atoms. The first kappa shape index (κ1) is 19.2. The topological polar surface area (TPSA) is 44.2 Å². The second-order valence-corrected chi connectivity index (χ2v) is 5.02. The molecule has 0 aliphatic heterocycles. The zero-order valence-corrected chi connectivity index (χ0v) is 15.6. The Morgan fingerprint density at radius 3 is 1.96 bits per heavy atom. The maximum absolute atomic E-state index is 5.34. The van der Waals surface area contributed by atoms with Gasteiger partial charge in [-0.05, 0) is 25.8 Å². The summed E-state index contributed by atoms with van der Waals surface area (Å²) in [5, 5.41) is 1.03. The van der Waals surface area contributed by atoms with Gasteiger partial charge in [-0.3, -0.25) is 0 Å². The average Bonchev–Trinajstić information content (AvgIpc) is 2.56. The van der Waals surface area contributed by atoms with Crippen LogP contribution in [0, 0.1) is 6.92 Å². The third-order valence-corrected chi connectivity index (χ3v) is 3.88. The highest BCUT2D eigenvalue weighted by Crippen LogP contribution is 2.37. The van der Waals surface area contributed by atoms with Crippen molar-refractivity contribution in [3.63, 3.8) is 0 Å². The number of ether oxygens (including phenoxy) is 2. The van der Waals surface area contributed by atoms with Crippen LogP contribution < -0.4 is 9.47 Å². The summed E-state index contributed by atoms with van der Waals surface area (Å²) in [5.74, 6) is 2.95. The smallest absolute Gasteiger partial charge is 0.162 e. The molecular formula is C19H30N2O2. The van der Waals surface area contributed by atoms with Gasteiger partial charge in [0.1, 0.15) is 5.82 Å². The largest absolute Gasteiger partial charge is 0.493 e. The lowest BCUT2D eigenvalue weighted by molar-refractivity contribution is 0.355. The second kappa shape index (κ2) is 9.33. The third-order valence-electron chi connectivity index (χ3n) is 3.88.